The van der Waals surface area contributed by atoms with Crippen LogP contribution in [-0.2, 0) is 9.53 Å². The van der Waals surface area contributed by atoms with E-state index in [-0.39, 0.29) is 18.3 Å². The van der Waals surface area contributed by atoms with Gasteiger partial charge >= 0.3 is 5.97 Å². The molecule has 0 atom stereocenters. The molecule has 19 heavy (non-hydrogen) atoms. The van der Waals surface area contributed by atoms with E-state index in [1.807, 2.05) is 0 Å². The van der Waals surface area contributed by atoms with Gasteiger partial charge in [-0.25, -0.2) is 0 Å². The Hall–Kier alpha value is -1.75. The Kier molecular flexibility index (Phi) is 6.15. The van der Waals surface area contributed by atoms with Crippen LogP contribution < -0.4 is 11.1 Å². The molecule has 1 aromatic carbocycles. The Morgan fingerprint density at radius 2 is 2.16 bits per heavy atom. The van der Waals surface area contributed by atoms with Crippen molar-refractivity contribution in [2.75, 3.05) is 18.9 Å². The van der Waals surface area contributed by atoms with E-state index in [1.54, 1.807) is 19.1 Å². The lowest BCUT2D eigenvalue weighted by Crippen LogP contribution is -2.25. The second kappa shape index (κ2) is 7.63. The van der Waals surface area contributed by atoms with Crippen LogP contribution in [0.15, 0.2) is 18.2 Å². The Bertz CT molecular complexity index is 463. The molecule has 0 aliphatic carbocycles. The molecule has 3 N–H and O–H groups in total. The highest BCUT2D eigenvalue weighted by Crippen LogP contribution is 2.19. The second-order valence-corrected chi connectivity index (χ2v) is 4.31. The minimum Gasteiger partial charge on any atom is -0.466 e. The Morgan fingerprint density at radius 1 is 1.42 bits per heavy atom. The number of ether oxygens (including phenoxy) is 1. The molecule has 1 amide bonds. The molecule has 1 rings (SSSR count). The Morgan fingerprint density at radius 3 is 2.79 bits per heavy atom. The molecule has 0 aliphatic rings. The fraction of sp³-hybridized carbons (Fsp3) is 0.385. The third-order valence-corrected chi connectivity index (χ3v) is 2.75. The fourth-order valence-corrected chi connectivity index (χ4v) is 1.57. The van der Waals surface area contributed by atoms with Crippen molar-refractivity contribution in [3.63, 3.8) is 0 Å². The Labute approximate surface area is 117 Å². The summed E-state index contributed by atoms with van der Waals surface area (Å²) in [5.41, 5.74) is 6.42. The van der Waals surface area contributed by atoms with E-state index < -0.39 is 0 Å². The van der Waals surface area contributed by atoms with Crippen molar-refractivity contribution in [1.82, 2.24) is 5.32 Å². The Balaban J connectivity index is 2.35. The number of esters is 1. The van der Waals surface area contributed by atoms with Gasteiger partial charge in [-0.3, -0.25) is 9.59 Å². The van der Waals surface area contributed by atoms with Crippen molar-refractivity contribution >= 4 is 29.2 Å². The molecular formula is C13H17ClN2O3. The molecule has 0 fully saturated rings. The zero-order valence-corrected chi connectivity index (χ0v) is 11.5. The molecule has 0 aromatic heterocycles. The van der Waals surface area contributed by atoms with Crippen molar-refractivity contribution in [2.45, 2.75) is 19.8 Å². The van der Waals surface area contributed by atoms with Crippen molar-refractivity contribution < 1.29 is 14.3 Å². The number of nitrogen functional groups attached to an aromatic ring is 1. The molecule has 0 bridgehead atoms. The van der Waals surface area contributed by atoms with Gasteiger partial charge in [0.05, 0.1) is 17.3 Å². The zero-order valence-electron chi connectivity index (χ0n) is 10.7. The molecule has 0 saturated heterocycles. The first-order valence-electron chi connectivity index (χ1n) is 6.03. The number of hydrogen-bond acceptors (Lipinski definition) is 4. The quantitative estimate of drug-likeness (QED) is 0.475. The molecular weight excluding hydrogens is 268 g/mol. The maximum absolute atomic E-state index is 11.8. The highest BCUT2D eigenvalue weighted by molar-refractivity contribution is 6.33. The molecule has 0 saturated carbocycles. The van der Waals surface area contributed by atoms with Crippen LogP contribution in [0.3, 0.4) is 0 Å². The van der Waals surface area contributed by atoms with E-state index in [4.69, 9.17) is 22.1 Å². The maximum Gasteiger partial charge on any atom is 0.305 e. The summed E-state index contributed by atoms with van der Waals surface area (Å²) in [7, 11) is 0. The number of amides is 1. The first-order valence-corrected chi connectivity index (χ1v) is 6.41. The lowest BCUT2D eigenvalue weighted by Gasteiger charge is -2.06. The first kappa shape index (κ1) is 15.3. The summed E-state index contributed by atoms with van der Waals surface area (Å²) in [5.74, 6) is -0.500. The number of rotatable bonds is 6. The molecule has 1 aromatic rings. The van der Waals surface area contributed by atoms with Crippen molar-refractivity contribution in [2.24, 2.45) is 0 Å². The normalized spacial score (nSPS) is 10.0. The number of anilines is 1. The molecule has 0 radical (unpaired) electrons. The van der Waals surface area contributed by atoms with Crippen LogP contribution in [0.1, 0.15) is 30.1 Å². The molecule has 0 spiro atoms. The van der Waals surface area contributed by atoms with E-state index in [0.717, 1.165) is 0 Å². The third kappa shape index (κ3) is 5.18. The predicted octanol–water partition coefficient (Wildman–Crippen LogP) is 2.00. The predicted molar refractivity (Wildman–Crippen MR) is 74.1 cm³/mol. The van der Waals surface area contributed by atoms with Gasteiger partial charge in [-0.1, -0.05) is 11.6 Å². The van der Waals surface area contributed by atoms with Crippen LogP contribution in [0.25, 0.3) is 0 Å². The lowest BCUT2D eigenvalue weighted by atomic mass is 10.2. The van der Waals surface area contributed by atoms with Crippen molar-refractivity contribution in [3.05, 3.63) is 28.8 Å². The van der Waals surface area contributed by atoms with Gasteiger partial charge in [0.1, 0.15) is 0 Å². The minimum absolute atomic E-state index is 0.243. The smallest absolute Gasteiger partial charge is 0.305 e. The van der Waals surface area contributed by atoms with E-state index in [1.165, 1.54) is 6.07 Å². The molecule has 0 aliphatic heterocycles. The number of halogens is 1. The van der Waals surface area contributed by atoms with Gasteiger partial charge in [0, 0.05) is 18.5 Å². The van der Waals surface area contributed by atoms with Crippen LogP contribution in [0, 0.1) is 0 Å². The third-order valence-electron chi connectivity index (χ3n) is 2.41. The van der Waals surface area contributed by atoms with Gasteiger partial charge in [-0.2, -0.15) is 0 Å². The summed E-state index contributed by atoms with van der Waals surface area (Å²) in [5, 5.41) is 3.11. The minimum atomic E-state index is -0.257. The van der Waals surface area contributed by atoms with Crippen LogP contribution in [-0.4, -0.2) is 25.0 Å². The summed E-state index contributed by atoms with van der Waals surface area (Å²) in [6.07, 6.45) is 0.824. The molecule has 0 heterocycles. The topological polar surface area (TPSA) is 81.4 Å². The number of nitrogens with one attached hydrogen (secondary N) is 1. The number of nitrogens with two attached hydrogens (primary N) is 1. The van der Waals surface area contributed by atoms with Gasteiger partial charge in [0.25, 0.3) is 5.91 Å². The standard InChI is InChI=1S/C13H17ClN2O3/c1-2-19-12(17)4-3-7-16-13(18)9-5-6-10(14)11(15)8-9/h5-6,8H,2-4,7,15H2,1H3,(H,16,18). The van der Waals surface area contributed by atoms with Crippen LogP contribution in [0.5, 0.6) is 0 Å². The number of hydrogen-bond donors (Lipinski definition) is 2. The van der Waals surface area contributed by atoms with Gasteiger partial charge in [-0.15, -0.1) is 0 Å². The average molecular weight is 285 g/mol. The number of carbonyl (C=O) groups excluding carboxylic acids is 2. The SMILES string of the molecule is CCOC(=O)CCCNC(=O)c1ccc(Cl)c(N)c1. The van der Waals surface area contributed by atoms with Gasteiger partial charge in [0.2, 0.25) is 0 Å². The molecule has 5 nitrogen and oxygen atoms in total. The van der Waals surface area contributed by atoms with Crippen LogP contribution >= 0.6 is 11.6 Å². The van der Waals surface area contributed by atoms with Crippen molar-refractivity contribution in [1.29, 1.82) is 0 Å². The molecule has 0 unspecified atom stereocenters. The number of benzene rings is 1. The van der Waals surface area contributed by atoms with E-state index in [9.17, 15) is 9.59 Å². The number of carbonyl (C=O) groups is 2. The van der Waals surface area contributed by atoms with Gasteiger partial charge in [-0.05, 0) is 31.5 Å². The highest BCUT2D eigenvalue weighted by atomic mass is 35.5. The van der Waals surface area contributed by atoms with E-state index >= 15 is 0 Å². The average Bonchev–Trinajstić information content (AvgIpc) is 2.38. The van der Waals surface area contributed by atoms with E-state index in [2.05, 4.69) is 5.32 Å². The van der Waals surface area contributed by atoms with Gasteiger partial charge < -0.3 is 15.8 Å². The lowest BCUT2D eigenvalue weighted by molar-refractivity contribution is -0.143. The summed E-state index contributed by atoms with van der Waals surface area (Å²) < 4.78 is 4.78. The zero-order chi connectivity index (χ0) is 14.3. The summed E-state index contributed by atoms with van der Waals surface area (Å²) >= 11 is 5.77. The largest absolute Gasteiger partial charge is 0.466 e. The first-order chi connectivity index (χ1) is 9.04. The maximum atomic E-state index is 11.8. The van der Waals surface area contributed by atoms with Crippen LogP contribution in [0.2, 0.25) is 5.02 Å². The second-order valence-electron chi connectivity index (χ2n) is 3.90. The van der Waals surface area contributed by atoms with Crippen LogP contribution in [0.4, 0.5) is 5.69 Å². The summed E-state index contributed by atoms with van der Waals surface area (Å²) in [4.78, 5) is 22.8. The molecule has 6 heteroatoms. The highest BCUT2D eigenvalue weighted by Gasteiger charge is 2.07. The fourth-order valence-electron chi connectivity index (χ4n) is 1.45. The summed E-state index contributed by atoms with van der Waals surface area (Å²) in [6.45, 7) is 2.53. The monoisotopic (exact) mass is 284 g/mol. The molecule has 104 valence electrons. The van der Waals surface area contributed by atoms with Gasteiger partial charge in [0.15, 0.2) is 0 Å². The van der Waals surface area contributed by atoms with E-state index in [0.29, 0.717) is 35.8 Å². The summed E-state index contributed by atoms with van der Waals surface area (Å²) in [6, 6.07) is 4.69. The van der Waals surface area contributed by atoms with Crippen molar-refractivity contribution in [3.8, 4) is 0 Å².